The van der Waals surface area contributed by atoms with Gasteiger partial charge in [0.25, 0.3) is 5.95 Å². The fraction of sp³-hybridized carbons (Fsp3) is 0.568. The van der Waals surface area contributed by atoms with Gasteiger partial charge in [0, 0.05) is 55.9 Å². The summed E-state index contributed by atoms with van der Waals surface area (Å²) in [6.07, 6.45) is -0.989. The van der Waals surface area contributed by atoms with Crippen LogP contribution in [0.5, 0.6) is 0 Å². The van der Waals surface area contributed by atoms with Crippen LogP contribution in [0.25, 0.3) is 10.9 Å². The number of benzene rings is 2. The molecule has 1 saturated heterocycles. The first-order valence-electron chi connectivity index (χ1n) is 18.1. The van der Waals surface area contributed by atoms with Crippen LogP contribution in [0.15, 0.2) is 36.4 Å². The van der Waals surface area contributed by atoms with Crippen molar-refractivity contribution in [1.82, 2.24) is 25.2 Å². The van der Waals surface area contributed by atoms with E-state index in [1.807, 2.05) is 0 Å². The lowest BCUT2D eigenvalue weighted by molar-refractivity contribution is -0.143. The fourth-order valence-corrected chi connectivity index (χ4v) is 7.71. The van der Waals surface area contributed by atoms with Crippen molar-refractivity contribution >= 4 is 22.7 Å². The number of fused-ring (bicyclic) bond motifs is 1. The van der Waals surface area contributed by atoms with Gasteiger partial charge >= 0.3 is 12.4 Å². The highest BCUT2D eigenvalue weighted by atomic mass is 19.4. The Kier molecular flexibility index (Phi) is 11.7. The largest absolute Gasteiger partial charge is 0.416 e. The summed E-state index contributed by atoms with van der Waals surface area (Å²) in [5.41, 5.74) is -2.45. The molecular formula is C37H43F8N7O. The van der Waals surface area contributed by atoms with E-state index in [4.69, 9.17) is 9.72 Å². The first kappa shape index (κ1) is 38.6. The number of alkyl halides is 6. The third-order valence-corrected chi connectivity index (χ3v) is 10.4. The predicted octanol–water partition coefficient (Wildman–Crippen LogP) is 9.26. The summed E-state index contributed by atoms with van der Waals surface area (Å²) in [4.78, 5) is 9.57. The van der Waals surface area contributed by atoms with Crippen molar-refractivity contribution in [3.8, 4) is 0 Å². The summed E-state index contributed by atoms with van der Waals surface area (Å²) in [6.45, 7) is 3.71. The Labute approximate surface area is 302 Å². The summed E-state index contributed by atoms with van der Waals surface area (Å²) >= 11 is 0. The van der Waals surface area contributed by atoms with Crippen LogP contribution in [0.4, 0.5) is 46.9 Å². The number of halogens is 8. The van der Waals surface area contributed by atoms with Crippen molar-refractivity contribution in [3.05, 3.63) is 70.3 Å². The molecule has 1 aliphatic carbocycles. The average Bonchev–Trinajstić information content (AvgIpc) is 3.77. The van der Waals surface area contributed by atoms with Gasteiger partial charge in [-0.15, -0.1) is 5.10 Å². The van der Waals surface area contributed by atoms with Crippen molar-refractivity contribution in [3.63, 3.8) is 0 Å². The van der Waals surface area contributed by atoms with E-state index in [1.165, 1.54) is 11.9 Å². The average molecular weight is 754 g/mol. The molecule has 8 nitrogen and oxygen atoms in total. The maximum absolute atomic E-state index is 14.5. The summed E-state index contributed by atoms with van der Waals surface area (Å²) in [5.74, 6) is -0.767. The number of unbranched alkanes of at least 4 members (excludes halogenated alkanes) is 1. The van der Waals surface area contributed by atoms with E-state index in [2.05, 4.69) is 27.2 Å². The molecule has 288 valence electrons. The Hall–Kier alpha value is -4.08. The van der Waals surface area contributed by atoms with Crippen molar-refractivity contribution in [2.75, 3.05) is 29.6 Å². The molecule has 2 fully saturated rings. The van der Waals surface area contributed by atoms with Crippen LogP contribution in [0.2, 0.25) is 0 Å². The molecule has 0 bridgehead atoms. The first-order valence-corrected chi connectivity index (χ1v) is 18.1. The van der Waals surface area contributed by atoms with Gasteiger partial charge in [0.2, 0.25) is 0 Å². The van der Waals surface area contributed by atoms with E-state index in [1.54, 1.807) is 6.07 Å². The summed E-state index contributed by atoms with van der Waals surface area (Å²) in [5, 5.41) is 12.4. The number of nitrogens with zero attached hydrogens (tertiary/aromatic N) is 7. The van der Waals surface area contributed by atoms with Crippen LogP contribution in [0, 0.1) is 23.5 Å². The topological polar surface area (TPSA) is 72.2 Å². The molecule has 1 atom stereocenters. The van der Waals surface area contributed by atoms with E-state index < -0.39 is 41.7 Å². The fourth-order valence-electron chi connectivity index (χ4n) is 7.71. The monoisotopic (exact) mass is 753 g/mol. The van der Waals surface area contributed by atoms with Crippen LogP contribution in [0.3, 0.4) is 0 Å². The summed E-state index contributed by atoms with van der Waals surface area (Å²) < 4.78 is 118. The lowest BCUT2D eigenvalue weighted by Gasteiger charge is -2.38. The highest BCUT2D eigenvalue weighted by molar-refractivity contribution is 5.82. The molecule has 4 aromatic rings. The standard InChI is InChI=1S/C37H43F8N7O/c1-3-4-13-53-14-11-23-7-9-25(10-8-23)33-6-5-12-52(33)34-27(17-26-18-30(38)31(39)20-32(26)46-34)22-51(35-47-49-50(2)48-35)21-24-15-28(36(40,41)42)19-29(16-24)37(43,44)45/h15-20,23,25,33H,3-14,21-22H2,1-2H3/t23?,25?,33-/m1/s1. The van der Waals surface area contributed by atoms with Gasteiger partial charge in [0.1, 0.15) is 5.82 Å². The first-order chi connectivity index (χ1) is 25.2. The van der Waals surface area contributed by atoms with Crippen LogP contribution in [-0.2, 0) is 37.2 Å². The molecule has 53 heavy (non-hydrogen) atoms. The molecule has 2 aromatic carbocycles. The summed E-state index contributed by atoms with van der Waals surface area (Å²) in [6, 6.07) is 5.21. The van der Waals surface area contributed by atoms with Crippen LogP contribution >= 0.6 is 0 Å². The van der Waals surface area contributed by atoms with Crippen molar-refractivity contribution in [1.29, 1.82) is 0 Å². The Morgan fingerprint density at radius 1 is 0.849 bits per heavy atom. The molecule has 0 radical (unpaired) electrons. The SMILES string of the molecule is CCCCOCCC1CCC([C@H]2CCCN2c2nc3cc(F)c(F)cc3cc2CN(Cc2cc(C(F)(F)F)cc(C(F)(F)F)c2)c2nnn(C)n2)CC1. The number of tetrazole rings is 1. The zero-order valence-corrected chi connectivity index (χ0v) is 29.7. The number of anilines is 2. The van der Waals surface area contributed by atoms with Gasteiger partial charge in [-0.1, -0.05) is 31.3 Å². The smallest absolute Gasteiger partial charge is 0.381 e. The Morgan fingerprint density at radius 3 is 2.19 bits per heavy atom. The number of aromatic nitrogens is 5. The maximum Gasteiger partial charge on any atom is 0.416 e. The molecule has 0 amide bonds. The van der Waals surface area contributed by atoms with Crippen LogP contribution < -0.4 is 9.80 Å². The van der Waals surface area contributed by atoms with Gasteiger partial charge < -0.3 is 14.5 Å². The van der Waals surface area contributed by atoms with E-state index >= 15 is 0 Å². The van der Waals surface area contributed by atoms with Gasteiger partial charge in [0.05, 0.1) is 23.7 Å². The van der Waals surface area contributed by atoms with Crippen molar-refractivity contribution in [2.45, 2.75) is 96.2 Å². The summed E-state index contributed by atoms with van der Waals surface area (Å²) in [7, 11) is 1.48. The van der Waals surface area contributed by atoms with Gasteiger partial charge in [-0.25, -0.2) is 13.8 Å². The molecule has 2 aliphatic rings. The minimum atomic E-state index is -5.03. The maximum atomic E-state index is 14.5. The second-order valence-electron chi connectivity index (χ2n) is 14.2. The number of aryl methyl sites for hydroxylation is 1. The normalized spacial score (nSPS) is 19.7. The molecule has 6 rings (SSSR count). The van der Waals surface area contributed by atoms with Gasteiger partial charge in [-0.3, -0.25) is 0 Å². The molecular weight excluding hydrogens is 710 g/mol. The lowest BCUT2D eigenvalue weighted by atomic mass is 9.77. The van der Waals surface area contributed by atoms with Gasteiger partial charge in [-0.2, -0.15) is 31.1 Å². The Balaban J connectivity index is 1.33. The molecule has 1 saturated carbocycles. The molecule has 2 aromatic heterocycles. The second-order valence-corrected chi connectivity index (χ2v) is 14.2. The third kappa shape index (κ3) is 9.36. The Bertz CT molecular complexity index is 1820. The van der Waals surface area contributed by atoms with E-state index in [-0.39, 0.29) is 41.1 Å². The number of hydrogen-bond acceptors (Lipinski definition) is 7. The van der Waals surface area contributed by atoms with Crippen molar-refractivity contribution < 1.29 is 39.9 Å². The van der Waals surface area contributed by atoms with E-state index in [0.29, 0.717) is 41.9 Å². The zero-order valence-electron chi connectivity index (χ0n) is 29.7. The lowest BCUT2D eigenvalue weighted by Crippen LogP contribution is -2.39. The van der Waals surface area contributed by atoms with Crippen LogP contribution in [0.1, 0.15) is 87.0 Å². The quantitative estimate of drug-likeness (QED) is 0.0996. The van der Waals surface area contributed by atoms with Gasteiger partial charge in [-0.05, 0) is 91.5 Å². The molecule has 16 heteroatoms. The zero-order chi connectivity index (χ0) is 37.9. The predicted molar refractivity (Wildman–Crippen MR) is 183 cm³/mol. The highest BCUT2D eigenvalue weighted by Crippen LogP contribution is 2.41. The third-order valence-electron chi connectivity index (χ3n) is 10.4. The van der Waals surface area contributed by atoms with Crippen molar-refractivity contribution in [2.24, 2.45) is 18.9 Å². The molecule has 0 unspecified atom stereocenters. The number of hydrogen-bond donors (Lipinski definition) is 0. The van der Waals surface area contributed by atoms with E-state index in [9.17, 15) is 35.1 Å². The van der Waals surface area contributed by atoms with E-state index in [0.717, 1.165) is 87.9 Å². The molecule has 1 aliphatic heterocycles. The van der Waals surface area contributed by atoms with Gasteiger partial charge in [0.15, 0.2) is 11.6 Å². The molecule has 0 N–H and O–H groups in total. The number of pyridine rings is 1. The number of rotatable bonds is 13. The highest BCUT2D eigenvalue weighted by Gasteiger charge is 2.38. The number of ether oxygens (including phenoxy) is 1. The Morgan fingerprint density at radius 2 is 1.55 bits per heavy atom. The molecule has 3 heterocycles. The van der Waals surface area contributed by atoms with Crippen LogP contribution in [-0.4, -0.2) is 51.0 Å². The second kappa shape index (κ2) is 16.1. The minimum Gasteiger partial charge on any atom is -0.381 e. The molecule has 0 spiro atoms. The minimum absolute atomic E-state index is 0.0511.